The van der Waals surface area contributed by atoms with E-state index in [2.05, 4.69) is 11.6 Å². The highest BCUT2D eigenvalue weighted by Crippen LogP contribution is 2.35. The SMILES string of the molecule is C=CCN1C(=O)/C(=c2\sc3n(c2=O)[C@@H](/C=C/c2ccccc2)C(C(=O)OCC)=C(C)N=3)c2ccccc21. The van der Waals surface area contributed by atoms with Crippen LogP contribution in [0.4, 0.5) is 5.69 Å². The van der Waals surface area contributed by atoms with Gasteiger partial charge in [-0.05, 0) is 25.5 Å². The quantitative estimate of drug-likeness (QED) is 0.376. The number of rotatable bonds is 6. The summed E-state index contributed by atoms with van der Waals surface area (Å²) in [5.41, 5.74) is 3.08. The standard InChI is InChI=1S/C29H25N3O4S/c1-4-17-31-21-14-10-9-13-20(21)24(26(31)33)25-27(34)32-22(16-15-19-11-7-6-8-12-19)23(28(35)36-5-2)18(3)30-29(32)37-25/h4,6-16,22H,1,5,17H2,2-3H3/b16-15+,25-24-/t22-/m0/s1. The molecule has 3 heterocycles. The van der Waals surface area contributed by atoms with Gasteiger partial charge in [-0.15, -0.1) is 6.58 Å². The minimum Gasteiger partial charge on any atom is -0.463 e. The van der Waals surface area contributed by atoms with E-state index in [0.717, 1.165) is 22.6 Å². The second-order valence-electron chi connectivity index (χ2n) is 8.53. The Labute approximate surface area is 217 Å². The molecule has 0 fully saturated rings. The zero-order valence-corrected chi connectivity index (χ0v) is 21.3. The molecule has 2 aliphatic rings. The molecule has 1 aromatic heterocycles. The van der Waals surface area contributed by atoms with Gasteiger partial charge < -0.3 is 9.64 Å². The van der Waals surface area contributed by atoms with E-state index in [1.165, 1.54) is 4.57 Å². The number of fused-ring (bicyclic) bond motifs is 2. The summed E-state index contributed by atoms with van der Waals surface area (Å²) in [6.07, 6.45) is 5.33. The summed E-state index contributed by atoms with van der Waals surface area (Å²) >= 11 is 1.16. The van der Waals surface area contributed by atoms with Gasteiger partial charge in [0.05, 0.1) is 35.2 Å². The van der Waals surface area contributed by atoms with Crippen molar-refractivity contribution in [2.24, 2.45) is 4.99 Å². The Balaban J connectivity index is 1.75. The average molecular weight is 512 g/mol. The number of hydrogen-bond acceptors (Lipinski definition) is 6. The Kier molecular flexibility index (Phi) is 6.58. The van der Waals surface area contributed by atoms with Crippen LogP contribution in [-0.4, -0.2) is 29.6 Å². The van der Waals surface area contributed by atoms with Crippen LogP contribution < -0.4 is 19.8 Å². The summed E-state index contributed by atoms with van der Waals surface area (Å²) in [5, 5.41) is 0. The van der Waals surface area contributed by atoms with Crippen LogP contribution in [-0.2, 0) is 14.3 Å². The highest BCUT2D eigenvalue weighted by molar-refractivity contribution is 7.07. The highest BCUT2D eigenvalue weighted by Gasteiger charge is 2.35. The summed E-state index contributed by atoms with van der Waals surface area (Å²) in [4.78, 5) is 47.1. The van der Waals surface area contributed by atoms with Crippen molar-refractivity contribution in [2.75, 3.05) is 18.1 Å². The number of hydrogen-bond donors (Lipinski definition) is 0. The monoisotopic (exact) mass is 511 g/mol. The van der Waals surface area contributed by atoms with Crippen molar-refractivity contribution in [2.45, 2.75) is 19.9 Å². The first-order valence-electron chi connectivity index (χ1n) is 11.9. The molecular weight excluding hydrogens is 486 g/mol. The van der Waals surface area contributed by atoms with Crippen molar-refractivity contribution in [3.63, 3.8) is 0 Å². The fraction of sp³-hybridized carbons (Fsp3) is 0.172. The van der Waals surface area contributed by atoms with Gasteiger partial charge in [-0.2, -0.15) is 0 Å². The maximum atomic E-state index is 14.0. The molecule has 2 aromatic carbocycles. The first-order valence-corrected chi connectivity index (χ1v) is 12.8. The zero-order chi connectivity index (χ0) is 26.1. The third-order valence-corrected chi connectivity index (χ3v) is 7.32. The van der Waals surface area contributed by atoms with Gasteiger partial charge in [0.25, 0.3) is 11.5 Å². The van der Waals surface area contributed by atoms with Crippen LogP contribution in [0.3, 0.4) is 0 Å². The number of benzene rings is 2. The molecule has 0 unspecified atom stereocenters. The molecule has 1 atom stereocenters. The van der Waals surface area contributed by atoms with Crippen LogP contribution in [0.1, 0.15) is 31.0 Å². The molecule has 0 radical (unpaired) electrons. The van der Waals surface area contributed by atoms with Gasteiger partial charge in [0.1, 0.15) is 4.53 Å². The lowest BCUT2D eigenvalue weighted by Gasteiger charge is -2.21. The first kappa shape index (κ1) is 24.4. The molecule has 0 aliphatic carbocycles. The number of ether oxygens (including phenoxy) is 1. The predicted molar refractivity (Wildman–Crippen MR) is 145 cm³/mol. The smallest absolute Gasteiger partial charge is 0.338 e. The number of carbonyl (C=O) groups excluding carboxylic acids is 2. The van der Waals surface area contributed by atoms with Crippen LogP contribution in [0.5, 0.6) is 0 Å². The second-order valence-corrected chi connectivity index (χ2v) is 9.51. The number of allylic oxidation sites excluding steroid dienone is 2. The molecule has 37 heavy (non-hydrogen) atoms. The lowest BCUT2D eigenvalue weighted by Crippen LogP contribution is -2.40. The molecule has 3 aromatic rings. The lowest BCUT2D eigenvalue weighted by atomic mass is 10.0. The topological polar surface area (TPSA) is 81.0 Å². The summed E-state index contributed by atoms with van der Waals surface area (Å²) in [5.74, 6) is -0.784. The molecule has 7 nitrogen and oxygen atoms in total. The molecule has 186 valence electrons. The van der Waals surface area contributed by atoms with Crippen LogP contribution in [0.2, 0.25) is 0 Å². The van der Waals surface area contributed by atoms with E-state index in [1.807, 2.05) is 60.7 Å². The van der Waals surface area contributed by atoms with Crippen molar-refractivity contribution in [3.8, 4) is 0 Å². The van der Waals surface area contributed by atoms with Crippen LogP contribution in [0.15, 0.2) is 94.4 Å². The van der Waals surface area contributed by atoms with E-state index in [1.54, 1.807) is 30.9 Å². The van der Waals surface area contributed by atoms with Crippen LogP contribution in [0, 0.1) is 0 Å². The van der Waals surface area contributed by atoms with E-state index in [9.17, 15) is 14.4 Å². The number of aromatic nitrogens is 1. The predicted octanol–water partition coefficient (Wildman–Crippen LogP) is 3.37. The highest BCUT2D eigenvalue weighted by atomic mass is 32.1. The number of carbonyl (C=O) groups is 2. The second kappa shape index (κ2) is 9.99. The van der Waals surface area contributed by atoms with Gasteiger partial charge in [0, 0.05) is 12.1 Å². The van der Waals surface area contributed by atoms with Gasteiger partial charge in [-0.1, -0.05) is 78.1 Å². The maximum absolute atomic E-state index is 14.0. The zero-order valence-electron chi connectivity index (χ0n) is 20.5. The fourth-order valence-corrected chi connectivity index (χ4v) is 5.79. The van der Waals surface area contributed by atoms with Gasteiger partial charge in [-0.25, -0.2) is 9.79 Å². The molecule has 0 spiro atoms. The molecule has 0 saturated heterocycles. The molecule has 5 rings (SSSR count). The first-order chi connectivity index (χ1) is 18.0. The number of anilines is 1. The van der Waals surface area contributed by atoms with Crippen LogP contribution in [0.25, 0.3) is 11.6 Å². The summed E-state index contributed by atoms with van der Waals surface area (Å²) in [7, 11) is 0. The minimum absolute atomic E-state index is 0.198. The molecule has 0 saturated carbocycles. The molecule has 2 aliphatic heterocycles. The summed E-state index contributed by atoms with van der Waals surface area (Å²) < 4.78 is 7.10. The van der Waals surface area contributed by atoms with Crippen molar-refractivity contribution in [1.29, 1.82) is 0 Å². The number of amides is 1. The van der Waals surface area contributed by atoms with Crippen molar-refractivity contribution < 1.29 is 14.3 Å². The van der Waals surface area contributed by atoms with E-state index in [-0.39, 0.29) is 18.1 Å². The maximum Gasteiger partial charge on any atom is 0.338 e. The molecule has 1 amide bonds. The van der Waals surface area contributed by atoms with Crippen molar-refractivity contribution in [1.82, 2.24) is 4.57 Å². The fourth-order valence-electron chi connectivity index (χ4n) is 4.64. The van der Waals surface area contributed by atoms with E-state index in [0.29, 0.717) is 38.3 Å². The van der Waals surface area contributed by atoms with Crippen molar-refractivity contribution in [3.05, 3.63) is 115 Å². The Morgan fingerprint density at radius 2 is 1.86 bits per heavy atom. The number of esters is 1. The number of para-hydroxylation sites is 1. The molecule has 0 bridgehead atoms. The van der Waals surface area contributed by atoms with E-state index >= 15 is 0 Å². The summed E-state index contributed by atoms with van der Waals surface area (Å²) in [6.45, 7) is 7.76. The third-order valence-electron chi connectivity index (χ3n) is 6.27. The average Bonchev–Trinajstić information content (AvgIpc) is 3.36. The van der Waals surface area contributed by atoms with Gasteiger partial charge >= 0.3 is 5.97 Å². The van der Waals surface area contributed by atoms with E-state index in [4.69, 9.17) is 4.74 Å². The molecular formula is C29H25N3O4S. The van der Waals surface area contributed by atoms with Crippen molar-refractivity contribution >= 4 is 40.5 Å². The van der Waals surface area contributed by atoms with Gasteiger partial charge in [0.15, 0.2) is 4.80 Å². The normalized spacial score (nSPS) is 18.1. The molecule has 0 N–H and O–H groups in total. The van der Waals surface area contributed by atoms with Crippen LogP contribution >= 0.6 is 11.3 Å². The van der Waals surface area contributed by atoms with Gasteiger partial charge in [-0.3, -0.25) is 14.2 Å². The Bertz CT molecular complexity index is 1660. The Hall–Kier alpha value is -4.30. The number of thiazole rings is 1. The Morgan fingerprint density at radius 3 is 2.59 bits per heavy atom. The largest absolute Gasteiger partial charge is 0.463 e. The third kappa shape index (κ3) is 4.19. The number of nitrogens with zero attached hydrogens (tertiary/aromatic N) is 3. The lowest BCUT2D eigenvalue weighted by molar-refractivity contribution is -0.139. The Morgan fingerprint density at radius 1 is 1.14 bits per heavy atom. The van der Waals surface area contributed by atoms with Gasteiger partial charge in [0.2, 0.25) is 0 Å². The summed E-state index contributed by atoms with van der Waals surface area (Å²) in [6, 6.07) is 16.3. The van der Waals surface area contributed by atoms with E-state index < -0.39 is 12.0 Å². The minimum atomic E-state index is -0.735. The molecule has 8 heteroatoms.